The van der Waals surface area contributed by atoms with Gasteiger partial charge < -0.3 is 14.6 Å². The zero-order valence-corrected chi connectivity index (χ0v) is 10.0. The third-order valence-corrected chi connectivity index (χ3v) is 3.04. The summed E-state index contributed by atoms with van der Waals surface area (Å²) in [5, 5.41) is 11.1. The molecule has 5 heteroatoms. The summed E-state index contributed by atoms with van der Waals surface area (Å²) in [6, 6.07) is 4.99. The van der Waals surface area contributed by atoms with Crippen LogP contribution in [0.2, 0.25) is 10.0 Å². The second-order valence-electron chi connectivity index (χ2n) is 3.59. The lowest BCUT2D eigenvalue weighted by Gasteiger charge is -2.27. The van der Waals surface area contributed by atoms with E-state index in [9.17, 15) is 5.11 Å². The van der Waals surface area contributed by atoms with Gasteiger partial charge in [-0.25, -0.2) is 0 Å². The van der Waals surface area contributed by atoms with E-state index < -0.39 is 6.10 Å². The van der Waals surface area contributed by atoms with Gasteiger partial charge in [-0.1, -0.05) is 29.3 Å². The van der Waals surface area contributed by atoms with Crippen molar-refractivity contribution in [1.82, 2.24) is 0 Å². The van der Waals surface area contributed by atoms with Crippen molar-refractivity contribution >= 4 is 23.2 Å². The predicted octanol–water partition coefficient (Wildman–Crippen LogP) is 2.44. The van der Waals surface area contributed by atoms with E-state index in [4.69, 9.17) is 32.7 Å². The van der Waals surface area contributed by atoms with E-state index in [0.29, 0.717) is 35.4 Å². The smallest absolute Gasteiger partial charge is 0.111 e. The molecule has 1 aromatic rings. The van der Waals surface area contributed by atoms with Gasteiger partial charge in [-0.3, -0.25) is 0 Å². The molecular weight excluding hydrogens is 251 g/mol. The Bertz CT molecular complexity index is 364. The molecule has 0 radical (unpaired) electrons. The fraction of sp³-hybridized carbons (Fsp3) is 0.455. The number of aliphatic hydroxyl groups is 1. The first-order valence-corrected chi connectivity index (χ1v) is 5.76. The van der Waals surface area contributed by atoms with E-state index in [1.54, 1.807) is 18.2 Å². The Morgan fingerprint density at radius 1 is 1.31 bits per heavy atom. The molecule has 0 aliphatic carbocycles. The van der Waals surface area contributed by atoms with Crippen LogP contribution >= 0.6 is 23.2 Å². The van der Waals surface area contributed by atoms with Crippen molar-refractivity contribution in [1.29, 1.82) is 0 Å². The minimum atomic E-state index is -0.787. The van der Waals surface area contributed by atoms with Crippen LogP contribution in [0.15, 0.2) is 18.2 Å². The molecule has 0 saturated carbocycles. The first-order valence-electron chi connectivity index (χ1n) is 5.01. The van der Waals surface area contributed by atoms with Crippen LogP contribution in [0.5, 0.6) is 0 Å². The average molecular weight is 263 g/mol. The molecule has 88 valence electrons. The lowest BCUT2D eigenvalue weighted by molar-refractivity contribution is -0.133. The van der Waals surface area contributed by atoms with Crippen molar-refractivity contribution < 1.29 is 14.6 Å². The minimum absolute atomic E-state index is 0.368. The standard InChI is InChI=1S/C11H12Cl2O3/c12-7-1-2-8(9(13)5-7)11(14)10-6-15-3-4-16-10/h1-2,5,10-11,14H,3-4,6H2. The molecule has 3 nitrogen and oxygen atoms in total. The highest BCUT2D eigenvalue weighted by Crippen LogP contribution is 2.29. The van der Waals surface area contributed by atoms with Crippen LogP contribution in [0.1, 0.15) is 11.7 Å². The minimum Gasteiger partial charge on any atom is -0.386 e. The first kappa shape index (κ1) is 12.1. The van der Waals surface area contributed by atoms with E-state index in [1.165, 1.54) is 0 Å². The van der Waals surface area contributed by atoms with Crippen LogP contribution in [0, 0.1) is 0 Å². The Hall–Kier alpha value is -0.320. The summed E-state index contributed by atoms with van der Waals surface area (Å²) in [4.78, 5) is 0. The SMILES string of the molecule is OC(c1ccc(Cl)cc1Cl)C1COCCO1. The van der Waals surface area contributed by atoms with Gasteiger partial charge in [0.05, 0.1) is 19.8 Å². The average Bonchev–Trinajstić information content (AvgIpc) is 2.29. The van der Waals surface area contributed by atoms with E-state index in [0.717, 1.165) is 0 Å². The second-order valence-corrected chi connectivity index (χ2v) is 4.44. The van der Waals surface area contributed by atoms with Gasteiger partial charge in [-0.2, -0.15) is 0 Å². The summed E-state index contributed by atoms with van der Waals surface area (Å²) in [5.41, 5.74) is 0.613. The predicted molar refractivity (Wildman–Crippen MR) is 62.0 cm³/mol. The maximum atomic E-state index is 10.1. The highest BCUT2D eigenvalue weighted by Gasteiger charge is 2.26. The number of hydrogen-bond acceptors (Lipinski definition) is 3. The van der Waals surface area contributed by atoms with E-state index in [2.05, 4.69) is 0 Å². The van der Waals surface area contributed by atoms with Crippen molar-refractivity contribution in [3.8, 4) is 0 Å². The Balaban J connectivity index is 2.15. The fourth-order valence-corrected chi connectivity index (χ4v) is 2.15. The van der Waals surface area contributed by atoms with Crippen LogP contribution in [0.25, 0.3) is 0 Å². The van der Waals surface area contributed by atoms with Gasteiger partial charge in [0, 0.05) is 15.6 Å². The quantitative estimate of drug-likeness (QED) is 0.890. The number of ether oxygens (including phenoxy) is 2. The maximum Gasteiger partial charge on any atom is 0.111 e. The van der Waals surface area contributed by atoms with Gasteiger partial charge in [0.25, 0.3) is 0 Å². The highest BCUT2D eigenvalue weighted by atomic mass is 35.5. The van der Waals surface area contributed by atoms with Gasteiger partial charge in [-0.15, -0.1) is 0 Å². The molecule has 1 heterocycles. The topological polar surface area (TPSA) is 38.7 Å². The van der Waals surface area contributed by atoms with E-state index in [1.807, 2.05) is 0 Å². The summed E-state index contributed by atoms with van der Waals surface area (Å²) >= 11 is 11.8. The molecule has 2 atom stereocenters. The van der Waals surface area contributed by atoms with Gasteiger partial charge in [-0.05, 0) is 12.1 Å². The molecule has 16 heavy (non-hydrogen) atoms. The summed E-state index contributed by atoms with van der Waals surface area (Å²) in [5.74, 6) is 0. The van der Waals surface area contributed by atoms with Crippen molar-refractivity contribution in [2.45, 2.75) is 12.2 Å². The molecule has 0 bridgehead atoms. The molecule has 0 spiro atoms. The van der Waals surface area contributed by atoms with Crippen molar-refractivity contribution in [2.24, 2.45) is 0 Å². The third kappa shape index (κ3) is 2.67. The monoisotopic (exact) mass is 262 g/mol. The molecule has 1 aliphatic heterocycles. The van der Waals surface area contributed by atoms with Crippen LogP contribution in [0.3, 0.4) is 0 Å². The molecule has 0 amide bonds. The van der Waals surface area contributed by atoms with Gasteiger partial charge in [0.15, 0.2) is 0 Å². The van der Waals surface area contributed by atoms with Crippen LogP contribution < -0.4 is 0 Å². The second kappa shape index (κ2) is 5.34. The molecule has 1 N–H and O–H groups in total. The normalized spacial score (nSPS) is 23.1. The first-order chi connectivity index (χ1) is 7.68. The van der Waals surface area contributed by atoms with Crippen LogP contribution in [-0.4, -0.2) is 31.0 Å². The van der Waals surface area contributed by atoms with Crippen LogP contribution in [-0.2, 0) is 9.47 Å². The molecular formula is C11H12Cl2O3. The van der Waals surface area contributed by atoms with Crippen LogP contribution in [0.4, 0.5) is 0 Å². The molecule has 1 saturated heterocycles. The largest absolute Gasteiger partial charge is 0.386 e. The lowest BCUT2D eigenvalue weighted by Crippen LogP contribution is -2.33. The van der Waals surface area contributed by atoms with Gasteiger partial charge in [0.2, 0.25) is 0 Å². The molecule has 1 aromatic carbocycles. The number of hydrogen-bond donors (Lipinski definition) is 1. The summed E-state index contributed by atoms with van der Waals surface area (Å²) < 4.78 is 10.6. The van der Waals surface area contributed by atoms with Crippen molar-refractivity contribution in [2.75, 3.05) is 19.8 Å². The molecule has 2 unspecified atom stereocenters. The Morgan fingerprint density at radius 3 is 2.75 bits per heavy atom. The summed E-state index contributed by atoms with van der Waals surface area (Å²) in [6.45, 7) is 1.44. The molecule has 0 aromatic heterocycles. The van der Waals surface area contributed by atoms with Gasteiger partial charge >= 0.3 is 0 Å². The Labute approximate surface area is 104 Å². The summed E-state index contributed by atoms with van der Waals surface area (Å²) in [7, 11) is 0. The fourth-order valence-electron chi connectivity index (χ4n) is 1.63. The number of benzene rings is 1. The Kier molecular flexibility index (Phi) is 4.05. The number of rotatable bonds is 2. The van der Waals surface area contributed by atoms with Crippen molar-refractivity contribution in [3.63, 3.8) is 0 Å². The summed E-state index contributed by atoms with van der Waals surface area (Å²) in [6.07, 6.45) is -1.16. The Morgan fingerprint density at radius 2 is 2.12 bits per heavy atom. The lowest BCUT2D eigenvalue weighted by atomic mass is 10.0. The maximum absolute atomic E-state index is 10.1. The van der Waals surface area contributed by atoms with E-state index in [-0.39, 0.29) is 6.10 Å². The zero-order valence-electron chi connectivity index (χ0n) is 8.53. The number of halogens is 2. The van der Waals surface area contributed by atoms with Crippen molar-refractivity contribution in [3.05, 3.63) is 33.8 Å². The van der Waals surface area contributed by atoms with E-state index >= 15 is 0 Å². The number of aliphatic hydroxyl groups excluding tert-OH is 1. The van der Waals surface area contributed by atoms with Gasteiger partial charge in [0.1, 0.15) is 12.2 Å². The zero-order chi connectivity index (χ0) is 11.5. The molecule has 1 fully saturated rings. The third-order valence-electron chi connectivity index (χ3n) is 2.48. The molecule has 1 aliphatic rings. The highest BCUT2D eigenvalue weighted by molar-refractivity contribution is 6.35. The molecule has 2 rings (SSSR count).